The zero-order valence-electron chi connectivity index (χ0n) is 16.4. The summed E-state index contributed by atoms with van der Waals surface area (Å²) in [5.74, 6) is 1.12. The number of hydrogen-bond donors (Lipinski definition) is 0. The van der Waals surface area contributed by atoms with Gasteiger partial charge in [0.1, 0.15) is 36.9 Å². The van der Waals surface area contributed by atoms with Crippen LogP contribution >= 0.6 is 0 Å². The van der Waals surface area contributed by atoms with Crippen molar-refractivity contribution in [2.45, 2.75) is 31.8 Å². The fourth-order valence-corrected chi connectivity index (χ4v) is 3.06. The van der Waals surface area contributed by atoms with Gasteiger partial charge in [-0.25, -0.2) is 0 Å². The van der Waals surface area contributed by atoms with Gasteiger partial charge in [-0.2, -0.15) is 0 Å². The molecule has 2 fully saturated rings. The Labute approximate surface area is 165 Å². The minimum Gasteiger partial charge on any atom is -0.491 e. The van der Waals surface area contributed by atoms with Crippen LogP contribution in [0.5, 0.6) is 11.5 Å². The molecule has 0 bridgehead atoms. The fourth-order valence-electron chi connectivity index (χ4n) is 3.06. The standard InChI is InChI=1S/C23H26O5/c1-16(17-4-8-19(9-5-17)24-12-21-13-26-21)18-6-10-20(11-7-18)25-14-22-15-27-23(2,3)28-22/h4-11,21-22H,1,12-15H2,2-3H3/t21-,22+/m1/s1. The Balaban J connectivity index is 1.30. The summed E-state index contributed by atoms with van der Waals surface area (Å²) in [6.45, 7) is 10.5. The molecule has 5 nitrogen and oxygen atoms in total. The van der Waals surface area contributed by atoms with Crippen LogP contribution < -0.4 is 9.47 Å². The van der Waals surface area contributed by atoms with Crippen molar-refractivity contribution in [2.75, 3.05) is 26.4 Å². The second-order valence-corrected chi connectivity index (χ2v) is 7.56. The van der Waals surface area contributed by atoms with Crippen molar-refractivity contribution in [3.05, 3.63) is 66.2 Å². The lowest BCUT2D eigenvalue weighted by atomic mass is 9.99. The maximum atomic E-state index is 5.83. The highest BCUT2D eigenvalue weighted by Gasteiger charge is 2.32. The summed E-state index contributed by atoms with van der Waals surface area (Å²) in [5, 5.41) is 0. The van der Waals surface area contributed by atoms with Gasteiger partial charge >= 0.3 is 0 Å². The van der Waals surface area contributed by atoms with Gasteiger partial charge in [-0.15, -0.1) is 0 Å². The molecule has 0 unspecified atom stereocenters. The first-order valence-electron chi connectivity index (χ1n) is 9.57. The van der Waals surface area contributed by atoms with Crippen LogP contribution in [0.4, 0.5) is 0 Å². The summed E-state index contributed by atoms with van der Waals surface area (Å²) < 4.78 is 28.0. The lowest BCUT2D eigenvalue weighted by Crippen LogP contribution is -2.25. The molecule has 2 saturated heterocycles. The first kappa shape index (κ1) is 19.0. The van der Waals surface area contributed by atoms with Crippen molar-refractivity contribution in [3.8, 4) is 11.5 Å². The Morgan fingerprint density at radius 3 is 1.82 bits per heavy atom. The van der Waals surface area contributed by atoms with Gasteiger partial charge in [0.15, 0.2) is 5.79 Å². The highest BCUT2D eigenvalue weighted by molar-refractivity contribution is 5.78. The molecular weight excluding hydrogens is 356 g/mol. The van der Waals surface area contributed by atoms with Gasteiger partial charge in [-0.1, -0.05) is 30.8 Å². The normalized spacial score (nSPS) is 22.6. The second kappa shape index (κ2) is 7.95. The number of ether oxygens (including phenoxy) is 5. The molecule has 28 heavy (non-hydrogen) atoms. The molecule has 2 aromatic rings. The van der Waals surface area contributed by atoms with E-state index in [1.165, 1.54) is 0 Å². The van der Waals surface area contributed by atoms with E-state index in [-0.39, 0.29) is 12.2 Å². The maximum Gasteiger partial charge on any atom is 0.163 e. The van der Waals surface area contributed by atoms with Crippen LogP contribution in [0.1, 0.15) is 25.0 Å². The highest BCUT2D eigenvalue weighted by Crippen LogP contribution is 2.27. The monoisotopic (exact) mass is 382 g/mol. The van der Waals surface area contributed by atoms with Crippen molar-refractivity contribution < 1.29 is 23.7 Å². The molecule has 2 heterocycles. The Morgan fingerprint density at radius 2 is 1.39 bits per heavy atom. The summed E-state index contributed by atoms with van der Waals surface area (Å²) >= 11 is 0. The number of hydrogen-bond acceptors (Lipinski definition) is 5. The first-order chi connectivity index (χ1) is 13.5. The van der Waals surface area contributed by atoms with E-state index >= 15 is 0 Å². The molecule has 4 rings (SSSR count). The van der Waals surface area contributed by atoms with Gasteiger partial charge in [0.05, 0.1) is 13.2 Å². The number of rotatable bonds is 8. The van der Waals surface area contributed by atoms with E-state index < -0.39 is 5.79 Å². The summed E-state index contributed by atoms with van der Waals surface area (Å²) in [7, 11) is 0. The molecular formula is C23H26O5. The summed E-state index contributed by atoms with van der Waals surface area (Å²) in [6, 6.07) is 15.9. The van der Waals surface area contributed by atoms with Crippen molar-refractivity contribution in [2.24, 2.45) is 0 Å². The van der Waals surface area contributed by atoms with Crippen molar-refractivity contribution in [1.29, 1.82) is 0 Å². The van der Waals surface area contributed by atoms with Gasteiger partial charge in [0.2, 0.25) is 0 Å². The molecule has 0 aliphatic carbocycles. The van der Waals surface area contributed by atoms with E-state index in [0.29, 0.717) is 19.8 Å². The average Bonchev–Trinajstić information content (AvgIpc) is 3.47. The maximum absolute atomic E-state index is 5.83. The topological polar surface area (TPSA) is 49.5 Å². The van der Waals surface area contributed by atoms with Gasteiger partial charge in [0.25, 0.3) is 0 Å². The van der Waals surface area contributed by atoms with Crippen LogP contribution in [-0.4, -0.2) is 44.4 Å². The molecule has 2 atom stereocenters. The van der Waals surface area contributed by atoms with E-state index in [0.717, 1.165) is 34.8 Å². The molecule has 0 amide bonds. The molecule has 0 aromatic heterocycles. The summed E-state index contributed by atoms with van der Waals surface area (Å²) in [5.41, 5.74) is 3.06. The third kappa shape index (κ3) is 4.93. The number of benzene rings is 2. The van der Waals surface area contributed by atoms with Crippen molar-refractivity contribution in [1.82, 2.24) is 0 Å². The summed E-state index contributed by atoms with van der Waals surface area (Å²) in [4.78, 5) is 0. The predicted molar refractivity (Wildman–Crippen MR) is 107 cm³/mol. The predicted octanol–water partition coefficient (Wildman–Crippen LogP) is 4.06. The molecule has 0 radical (unpaired) electrons. The summed E-state index contributed by atoms with van der Waals surface area (Å²) in [6.07, 6.45) is 0.214. The zero-order valence-corrected chi connectivity index (χ0v) is 16.4. The van der Waals surface area contributed by atoms with Crippen molar-refractivity contribution in [3.63, 3.8) is 0 Å². The minimum atomic E-state index is -0.526. The fraction of sp³-hybridized carbons (Fsp3) is 0.391. The molecule has 0 N–H and O–H groups in total. The van der Waals surface area contributed by atoms with Crippen LogP contribution in [0.3, 0.4) is 0 Å². The van der Waals surface area contributed by atoms with Gasteiger partial charge < -0.3 is 23.7 Å². The highest BCUT2D eigenvalue weighted by atomic mass is 16.7. The molecule has 2 aromatic carbocycles. The Kier molecular flexibility index (Phi) is 5.40. The molecule has 0 spiro atoms. The molecule has 2 aliphatic heterocycles. The molecule has 0 saturated carbocycles. The Hall–Kier alpha value is -2.34. The second-order valence-electron chi connectivity index (χ2n) is 7.56. The zero-order chi connectivity index (χ0) is 19.6. The van der Waals surface area contributed by atoms with E-state index in [9.17, 15) is 0 Å². The van der Waals surface area contributed by atoms with E-state index in [1.807, 2.05) is 62.4 Å². The minimum absolute atomic E-state index is 0.0446. The van der Waals surface area contributed by atoms with E-state index in [1.54, 1.807) is 0 Å². The largest absolute Gasteiger partial charge is 0.491 e. The molecule has 2 aliphatic rings. The lowest BCUT2D eigenvalue weighted by Gasteiger charge is -2.17. The SMILES string of the molecule is C=C(c1ccc(OC[C@@H]2CO2)cc1)c1ccc(OC[C@H]2COC(C)(C)O2)cc1. The first-order valence-corrected chi connectivity index (χ1v) is 9.57. The third-order valence-corrected chi connectivity index (χ3v) is 4.75. The van der Waals surface area contributed by atoms with E-state index in [4.69, 9.17) is 23.7 Å². The average molecular weight is 382 g/mol. The van der Waals surface area contributed by atoms with Crippen LogP contribution in [0, 0.1) is 0 Å². The third-order valence-electron chi connectivity index (χ3n) is 4.75. The molecule has 5 heteroatoms. The van der Waals surface area contributed by atoms with Gasteiger partial charge in [-0.3, -0.25) is 0 Å². The van der Waals surface area contributed by atoms with Crippen LogP contribution in [0.15, 0.2) is 55.1 Å². The van der Waals surface area contributed by atoms with Gasteiger partial charge in [-0.05, 0) is 54.8 Å². The lowest BCUT2D eigenvalue weighted by molar-refractivity contribution is -0.141. The Bertz CT molecular complexity index is 806. The van der Waals surface area contributed by atoms with E-state index in [2.05, 4.69) is 6.58 Å². The van der Waals surface area contributed by atoms with Crippen LogP contribution in [0.25, 0.3) is 5.57 Å². The van der Waals surface area contributed by atoms with Gasteiger partial charge in [0, 0.05) is 0 Å². The van der Waals surface area contributed by atoms with Crippen molar-refractivity contribution >= 4 is 5.57 Å². The smallest absolute Gasteiger partial charge is 0.163 e. The quantitative estimate of drug-likeness (QED) is 0.645. The number of epoxide rings is 1. The van der Waals surface area contributed by atoms with Crippen LogP contribution in [0.2, 0.25) is 0 Å². The molecule has 148 valence electrons. The van der Waals surface area contributed by atoms with Crippen LogP contribution in [-0.2, 0) is 14.2 Å². The Morgan fingerprint density at radius 1 is 0.893 bits per heavy atom.